The summed E-state index contributed by atoms with van der Waals surface area (Å²) < 4.78 is 45.1. The third-order valence-corrected chi connectivity index (χ3v) is 2.67. The Labute approximate surface area is 121 Å². The van der Waals surface area contributed by atoms with E-state index in [2.05, 4.69) is 10.1 Å². The Hall–Kier alpha value is -1.92. The minimum Gasteiger partial charge on any atom is -0.495 e. The van der Waals surface area contributed by atoms with Crippen molar-refractivity contribution in [3.05, 3.63) is 23.8 Å². The zero-order valence-electron chi connectivity index (χ0n) is 12.3. The molecule has 0 spiro atoms. The topological polar surface area (TPSA) is 47.6 Å². The van der Waals surface area contributed by atoms with Gasteiger partial charge in [0.25, 0.3) is 0 Å². The van der Waals surface area contributed by atoms with Crippen LogP contribution in [0, 0.1) is 0 Å². The summed E-state index contributed by atoms with van der Waals surface area (Å²) in [5.41, 5.74) is 0.977. The molecule has 4 nitrogen and oxygen atoms in total. The van der Waals surface area contributed by atoms with Crippen molar-refractivity contribution in [2.45, 2.75) is 32.4 Å². The molecule has 0 saturated heterocycles. The van der Waals surface area contributed by atoms with Crippen LogP contribution in [0.4, 0.5) is 23.7 Å². The van der Waals surface area contributed by atoms with Gasteiger partial charge in [-0.3, -0.25) is 5.32 Å². The molecular weight excluding hydrogens is 287 g/mol. The third-order valence-electron chi connectivity index (χ3n) is 2.67. The molecular formula is C14H18F3NO3. The highest BCUT2D eigenvalue weighted by atomic mass is 19.4. The Morgan fingerprint density at radius 1 is 1.24 bits per heavy atom. The molecule has 0 atom stereocenters. The van der Waals surface area contributed by atoms with Crippen LogP contribution in [0.25, 0.3) is 0 Å². The number of hydrogen-bond donors (Lipinski definition) is 1. The van der Waals surface area contributed by atoms with Gasteiger partial charge in [-0.05, 0) is 23.1 Å². The Morgan fingerprint density at radius 3 is 2.33 bits per heavy atom. The molecule has 0 heterocycles. The summed E-state index contributed by atoms with van der Waals surface area (Å²) in [4.78, 5) is 11.4. The first kappa shape index (κ1) is 17.1. The maximum atomic E-state index is 12.0. The van der Waals surface area contributed by atoms with E-state index in [1.165, 1.54) is 7.11 Å². The Morgan fingerprint density at radius 2 is 1.86 bits per heavy atom. The maximum Gasteiger partial charge on any atom is 0.422 e. The molecule has 1 N–H and O–H groups in total. The molecule has 1 aromatic rings. The van der Waals surface area contributed by atoms with Crippen LogP contribution in [0.1, 0.15) is 26.3 Å². The first-order valence-corrected chi connectivity index (χ1v) is 6.22. The van der Waals surface area contributed by atoms with E-state index >= 15 is 0 Å². The molecule has 0 aliphatic carbocycles. The number of benzene rings is 1. The van der Waals surface area contributed by atoms with Gasteiger partial charge in [0.1, 0.15) is 5.75 Å². The normalized spacial score (nSPS) is 12.0. The zero-order chi connectivity index (χ0) is 16.3. The molecule has 0 unspecified atom stereocenters. The Bertz CT molecular complexity index is 507. The third kappa shape index (κ3) is 5.53. The molecule has 0 bridgehead atoms. The van der Waals surface area contributed by atoms with Crippen LogP contribution in [0.3, 0.4) is 0 Å². The van der Waals surface area contributed by atoms with Gasteiger partial charge in [-0.25, -0.2) is 4.79 Å². The van der Waals surface area contributed by atoms with Crippen molar-refractivity contribution in [3.8, 4) is 5.75 Å². The highest BCUT2D eigenvalue weighted by Gasteiger charge is 2.29. The largest absolute Gasteiger partial charge is 0.495 e. The van der Waals surface area contributed by atoms with Crippen LogP contribution in [0.2, 0.25) is 0 Å². The molecule has 0 aromatic heterocycles. The quantitative estimate of drug-likeness (QED) is 0.914. The van der Waals surface area contributed by atoms with Gasteiger partial charge in [-0.15, -0.1) is 0 Å². The Balaban J connectivity index is 2.88. The van der Waals surface area contributed by atoms with Gasteiger partial charge >= 0.3 is 12.3 Å². The summed E-state index contributed by atoms with van der Waals surface area (Å²) in [6, 6.07) is 5.11. The number of methoxy groups -OCH3 is 1. The average Bonchev–Trinajstić information content (AvgIpc) is 2.34. The van der Waals surface area contributed by atoms with Crippen molar-refractivity contribution >= 4 is 11.8 Å². The van der Waals surface area contributed by atoms with E-state index in [0.29, 0.717) is 5.75 Å². The van der Waals surface area contributed by atoms with Crippen molar-refractivity contribution in [1.82, 2.24) is 0 Å². The summed E-state index contributed by atoms with van der Waals surface area (Å²) in [5, 5.41) is 2.26. The van der Waals surface area contributed by atoms with Gasteiger partial charge in [0.15, 0.2) is 6.61 Å². The summed E-state index contributed by atoms with van der Waals surface area (Å²) in [7, 11) is 1.40. The predicted molar refractivity (Wildman–Crippen MR) is 72.7 cm³/mol. The number of carbonyl (C=O) groups excluding carboxylic acids is 1. The van der Waals surface area contributed by atoms with Gasteiger partial charge in [0.2, 0.25) is 0 Å². The minimum atomic E-state index is -4.56. The standard InChI is InChI=1S/C14H18F3NO3/c1-13(2,3)9-5-6-11(20-4)10(7-9)18-12(19)21-8-14(15,16)17/h5-7H,8H2,1-4H3,(H,18,19). The second-order valence-corrected chi connectivity index (χ2v) is 5.48. The van der Waals surface area contributed by atoms with Crippen molar-refractivity contribution in [3.63, 3.8) is 0 Å². The lowest BCUT2D eigenvalue weighted by Gasteiger charge is -2.21. The summed E-state index contributed by atoms with van der Waals surface area (Å²) in [6.45, 7) is 4.28. The fraction of sp³-hybridized carbons (Fsp3) is 0.500. The van der Waals surface area contributed by atoms with E-state index < -0.39 is 18.9 Å². The van der Waals surface area contributed by atoms with Crippen LogP contribution in [0.15, 0.2) is 18.2 Å². The molecule has 0 aliphatic rings. The predicted octanol–water partition coefficient (Wildman–Crippen LogP) is 4.10. The fourth-order valence-electron chi connectivity index (χ4n) is 1.57. The van der Waals surface area contributed by atoms with Crippen LogP contribution in [-0.2, 0) is 10.2 Å². The molecule has 21 heavy (non-hydrogen) atoms. The van der Waals surface area contributed by atoms with E-state index in [4.69, 9.17) is 4.74 Å². The van der Waals surface area contributed by atoms with E-state index in [0.717, 1.165) is 5.56 Å². The van der Waals surface area contributed by atoms with Gasteiger partial charge < -0.3 is 9.47 Å². The number of carbonyl (C=O) groups is 1. The number of amides is 1. The van der Waals surface area contributed by atoms with Gasteiger partial charge in [0.05, 0.1) is 12.8 Å². The average molecular weight is 305 g/mol. The fourth-order valence-corrected chi connectivity index (χ4v) is 1.57. The molecule has 1 aromatic carbocycles. The number of anilines is 1. The lowest BCUT2D eigenvalue weighted by molar-refractivity contribution is -0.159. The smallest absolute Gasteiger partial charge is 0.422 e. The monoisotopic (exact) mass is 305 g/mol. The first-order chi connectivity index (χ1) is 9.53. The molecule has 0 fully saturated rings. The van der Waals surface area contributed by atoms with E-state index in [9.17, 15) is 18.0 Å². The van der Waals surface area contributed by atoms with Crippen molar-refractivity contribution < 1.29 is 27.4 Å². The highest BCUT2D eigenvalue weighted by molar-refractivity contribution is 5.87. The molecule has 118 valence electrons. The van der Waals surface area contributed by atoms with Crippen LogP contribution in [0.5, 0.6) is 5.75 Å². The molecule has 1 amide bonds. The van der Waals surface area contributed by atoms with Crippen LogP contribution >= 0.6 is 0 Å². The first-order valence-electron chi connectivity index (χ1n) is 6.22. The molecule has 7 heteroatoms. The summed E-state index contributed by atoms with van der Waals surface area (Å²) in [6.07, 6.45) is -5.74. The zero-order valence-corrected chi connectivity index (χ0v) is 12.3. The number of ether oxygens (including phenoxy) is 2. The van der Waals surface area contributed by atoms with Gasteiger partial charge in [-0.1, -0.05) is 26.8 Å². The highest BCUT2D eigenvalue weighted by Crippen LogP contribution is 2.31. The minimum absolute atomic E-state index is 0.182. The van der Waals surface area contributed by atoms with Gasteiger partial charge in [-0.2, -0.15) is 13.2 Å². The summed E-state index contributed by atoms with van der Waals surface area (Å²) >= 11 is 0. The lowest BCUT2D eigenvalue weighted by atomic mass is 9.87. The molecule has 1 rings (SSSR count). The lowest BCUT2D eigenvalue weighted by Crippen LogP contribution is -2.23. The van der Waals surface area contributed by atoms with Crippen molar-refractivity contribution in [2.24, 2.45) is 0 Å². The second-order valence-electron chi connectivity index (χ2n) is 5.48. The van der Waals surface area contributed by atoms with Gasteiger partial charge in [0, 0.05) is 0 Å². The van der Waals surface area contributed by atoms with Crippen molar-refractivity contribution in [2.75, 3.05) is 19.0 Å². The number of rotatable bonds is 3. The van der Waals surface area contributed by atoms with Crippen molar-refractivity contribution in [1.29, 1.82) is 0 Å². The molecule has 0 aliphatic heterocycles. The molecule has 0 radical (unpaired) electrons. The Kier molecular flexibility index (Phi) is 5.09. The maximum absolute atomic E-state index is 12.0. The van der Waals surface area contributed by atoms with E-state index in [1.54, 1.807) is 12.1 Å². The number of alkyl halides is 3. The van der Waals surface area contributed by atoms with Crippen LogP contribution in [-0.4, -0.2) is 26.0 Å². The molecule has 0 saturated carbocycles. The number of halogens is 3. The second kappa shape index (κ2) is 6.24. The van der Waals surface area contributed by atoms with E-state index in [1.807, 2.05) is 26.8 Å². The van der Waals surface area contributed by atoms with Crippen LogP contribution < -0.4 is 10.1 Å². The number of nitrogens with one attached hydrogen (secondary N) is 1. The number of hydrogen-bond acceptors (Lipinski definition) is 3. The van der Waals surface area contributed by atoms with E-state index in [-0.39, 0.29) is 11.1 Å². The SMILES string of the molecule is COc1ccc(C(C)(C)C)cc1NC(=O)OCC(F)(F)F. The summed E-state index contributed by atoms with van der Waals surface area (Å²) in [5.74, 6) is 0.340.